The molecule has 2 N–H and O–H groups in total. The minimum atomic E-state index is -0.103. The van der Waals surface area contributed by atoms with Gasteiger partial charge in [0.05, 0.1) is 18.3 Å². The quantitative estimate of drug-likeness (QED) is 0.392. The average molecular weight is 547 g/mol. The first-order chi connectivity index (χ1) is 19.4. The fourth-order valence-electron chi connectivity index (χ4n) is 5.61. The number of aliphatic hydroxyl groups is 1. The van der Waals surface area contributed by atoms with Gasteiger partial charge in [-0.2, -0.15) is 9.97 Å². The van der Waals surface area contributed by atoms with Crippen LogP contribution >= 0.6 is 0 Å². The fourth-order valence-corrected chi connectivity index (χ4v) is 5.61. The van der Waals surface area contributed by atoms with Gasteiger partial charge in [-0.15, -0.1) is 0 Å². The number of rotatable bonds is 9. The van der Waals surface area contributed by atoms with E-state index in [2.05, 4.69) is 22.4 Å². The van der Waals surface area contributed by atoms with E-state index in [-0.39, 0.29) is 24.3 Å². The van der Waals surface area contributed by atoms with Crippen LogP contribution in [-0.4, -0.2) is 102 Å². The van der Waals surface area contributed by atoms with E-state index in [9.17, 15) is 15.0 Å². The van der Waals surface area contributed by atoms with Crippen LogP contribution in [0.2, 0.25) is 0 Å². The van der Waals surface area contributed by atoms with Crippen molar-refractivity contribution in [1.29, 1.82) is 0 Å². The predicted molar refractivity (Wildman–Crippen MR) is 156 cm³/mol. The Hall–Kier alpha value is -3.89. The average Bonchev–Trinajstić information content (AvgIpc) is 2.95. The maximum absolute atomic E-state index is 12.4. The fraction of sp³-hybridized carbons (Fsp3) is 0.433. The Kier molecular flexibility index (Phi) is 8.37. The van der Waals surface area contributed by atoms with Crippen LogP contribution in [-0.2, 0) is 17.8 Å². The first kappa shape index (κ1) is 27.7. The normalized spacial score (nSPS) is 17.3. The summed E-state index contributed by atoms with van der Waals surface area (Å²) in [6, 6.07) is 11.9. The van der Waals surface area contributed by atoms with Gasteiger partial charge in [-0.1, -0.05) is 30.8 Å². The number of ether oxygens (including phenoxy) is 1. The number of nitrogens with zero attached hydrogens (tertiary/aromatic N) is 6. The van der Waals surface area contributed by atoms with Crippen LogP contribution < -0.4 is 14.5 Å². The molecule has 2 aliphatic heterocycles. The molecule has 0 aliphatic carbocycles. The lowest BCUT2D eigenvalue weighted by Crippen LogP contribution is -2.55. The molecule has 1 amide bonds. The summed E-state index contributed by atoms with van der Waals surface area (Å²) in [5, 5.41) is 22.4. The molecule has 1 fully saturated rings. The van der Waals surface area contributed by atoms with Gasteiger partial charge in [0.25, 0.3) is 0 Å². The number of anilines is 2. The smallest absolute Gasteiger partial charge is 0.318 e. The second-order valence-corrected chi connectivity index (χ2v) is 10.6. The molecule has 10 heteroatoms. The first-order valence-electron chi connectivity index (χ1n) is 13.8. The molecule has 2 aliphatic rings. The van der Waals surface area contributed by atoms with Gasteiger partial charge in [0.15, 0.2) is 0 Å². The molecule has 0 bridgehead atoms. The molecule has 5 rings (SSSR count). The highest BCUT2D eigenvalue weighted by molar-refractivity contribution is 5.95. The van der Waals surface area contributed by atoms with E-state index in [1.54, 1.807) is 11.0 Å². The Morgan fingerprint density at radius 2 is 2.02 bits per heavy atom. The van der Waals surface area contributed by atoms with E-state index in [1.165, 1.54) is 6.08 Å². The van der Waals surface area contributed by atoms with Crippen LogP contribution in [0.5, 0.6) is 11.8 Å². The molecule has 3 aromatic rings. The molecule has 1 atom stereocenters. The maximum Gasteiger partial charge on any atom is 0.318 e. The molecule has 212 valence electrons. The Morgan fingerprint density at radius 3 is 2.80 bits per heavy atom. The monoisotopic (exact) mass is 546 g/mol. The summed E-state index contributed by atoms with van der Waals surface area (Å²) in [4.78, 5) is 30.4. The predicted octanol–water partition coefficient (Wildman–Crippen LogP) is 2.42. The van der Waals surface area contributed by atoms with Crippen molar-refractivity contribution in [2.24, 2.45) is 0 Å². The molecule has 2 aromatic carbocycles. The number of aliphatic hydroxyl groups excluding tert-OH is 1. The summed E-state index contributed by atoms with van der Waals surface area (Å²) in [5.41, 5.74) is 2.91. The van der Waals surface area contributed by atoms with E-state index in [1.807, 2.05) is 43.3 Å². The van der Waals surface area contributed by atoms with Crippen LogP contribution in [0.25, 0.3) is 10.8 Å². The van der Waals surface area contributed by atoms with E-state index < -0.39 is 0 Å². The Balaban J connectivity index is 1.51. The molecule has 1 aromatic heterocycles. The second-order valence-electron chi connectivity index (χ2n) is 10.6. The lowest BCUT2D eigenvalue weighted by molar-refractivity contribution is -0.126. The van der Waals surface area contributed by atoms with Crippen molar-refractivity contribution in [3.8, 4) is 11.8 Å². The Bertz CT molecular complexity index is 1380. The van der Waals surface area contributed by atoms with Gasteiger partial charge >= 0.3 is 6.01 Å². The molecule has 0 radical (unpaired) electrons. The van der Waals surface area contributed by atoms with Crippen LogP contribution in [0.15, 0.2) is 49.1 Å². The van der Waals surface area contributed by atoms with Gasteiger partial charge in [-0.25, -0.2) is 0 Å². The number of piperazine rings is 1. The highest BCUT2D eigenvalue weighted by Crippen LogP contribution is 2.37. The van der Waals surface area contributed by atoms with E-state index >= 15 is 0 Å². The van der Waals surface area contributed by atoms with Crippen LogP contribution in [0.1, 0.15) is 17.7 Å². The van der Waals surface area contributed by atoms with Crippen LogP contribution in [0.3, 0.4) is 0 Å². The number of carbonyl (C=O) groups excluding carboxylic acids is 1. The number of aromatic nitrogens is 2. The summed E-state index contributed by atoms with van der Waals surface area (Å²) in [6.45, 7) is 7.73. The largest absolute Gasteiger partial charge is 0.508 e. The summed E-state index contributed by atoms with van der Waals surface area (Å²) in [7, 11) is 3.98. The third kappa shape index (κ3) is 5.83. The zero-order chi connectivity index (χ0) is 28.2. The van der Waals surface area contributed by atoms with Crippen molar-refractivity contribution in [1.82, 2.24) is 19.8 Å². The minimum absolute atomic E-state index is 0.00903. The molecule has 40 heavy (non-hydrogen) atoms. The van der Waals surface area contributed by atoms with Gasteiger partial charge in [0.2, 0.25) is 5.91 Å². The molecular formula is C30H38N6O4. The highest BCUT2D eigenvalue weighted by atomic mass is 16.5. The summed E-state index contributed by atoms with van der Waals surface area (Å²) < 4.78 is 6.04. The summed E-state index contributed by atoms with van der Waals surface area (Å²) >= 11 is 0. The van der Waals surface area contributed by atoms with Crippen molar-refractivity contribution in [2.45, 2.75) is 25.4 Å². The standard InChI is InChI=1S/C30H38N6O4/c1-4-28(39)35-12-13-36(22(19-35)10-15-37)29-25-9-11-34(20-26(25)31-30(32-29)40-16-14-33(2)3)27-18-23(38)17-21-7-5-6-8-24(21)27/h4-8,17-18,22,37-38H,1,9-16,19-20H2,2-3H3. The molecule has 1 saturated heterocycles. The van der Waals surface area contributed by atoms with Crippen molar-refractivity contribution < 1.29 is 19.7 Å². The SMILES string of the molecule is C=CC(=O)N1CCN(c2nc(OCCN(C)C)nc3c2CCN(c2cc(O)cc4ccccc24)C3)C(CCO)C1. The number of aromatic hydroxyl groups is 1. The van der Waals surface area contributed by atoms with Crippen molar-refractivity contribution in [3.05, 3.63) is 60.3 Å². The minimum Gasteiger partial charge on any atom is -0.508 e. The van der Waals surface area contributed by atoms with Crippen molar-refractivity contribution >= 4 is 28.2 Å². The topological polar surface area (TPSA) is 106 Å². The van der Waals surface area contributed by atoms with Crippen molar-refractivity contribution in [3.63, 3.8) is 0 Å². The van der Waals surface area contributed by atoms with Gasteiger partial charge in [-0.05, 0) is 44.5 Å². The number of hydrogen-bond acceptors (Lipinski definition) is 9. The molecule has 10 nitrogen and oxygen atoms in total. The number of amides is 1. The Morgan fingerprint density at radius 1 is 1.20 bits per heavy atom. The lowest BCUT2D eigenvalue weighted by Gasteiger charge is -2.43. The van der Waals surface area contributed by atoms with Gasteiger partial charge < -0.3 is 34.5 Å². The summed E-state index contributed by atoms with van der Waals surface area (Å²) in [6.07, 6.45) is 2.57. The number of fused-ring (bicyclic) bond motifs is 2. The zero-order valence-corrected chi connectivity index (χ0v) is 23.3. The van der Waals surface area contributed by atoms with Gasteiger partial charge in [-0.3, -0.25) is 4.79 Å². The van der Waals surface area contributed by atoms with E-state index in [4.69, 9.17) is 14.7 Å². The molecule has 1 unspecified atom stereocenters. The Labute approximate surface area is 235 Å². The van der Waals surface area contributed by atoms with Crippen LogP contribution in [0.4, 0.5) is 11.5 Å². The van der Waals surface area contributed by atoms with Crippen LogP contribution in [0, 0.1) is 0 Å². The van der Waals surface area contributed by atoms with Gasteiger partial charge in [0, 0.05) is 62.0 Å². The molecule has 0 saturated carbocycles. The summed E-state index contributed by atoms with van der Waals surface area (Å²) in [5.74, 6) is 0.942. The van der Waals surface area contributed by atoms with Gasteiger partial charge in [0.1, 0.15) is 18.2 Å². The van der Waals surface area contributed by atoms with E-state index in [0.717, 1.165) is 46.6 Å². The van der Waals surface area contributed by atoms with Crippen molar-refractivity contribution in [2.75, 3.05) is 69.8 Å². The maximum atomic E-state index is 12.4. The zero-order valence-electron chi connectivity index (χ0n) is 23.3. The number of hydrogen-bond donors (Lipinski definition) is 2. The molecule has 0 spiro atoms. The molecular weight excluding hydrogens is 508 g/mol. The number of benzene rings is 2. The number of phenols is 1. The lowest BCUT2D eigenvalue weighted by atomic mass is 10.00. The third-order valence-electron chi connectivity index (χ3n) is 7.66. The molecule has 3 heterocycles. The first-order valence-corrected chi connectivity index (χ1v) is 13.8. The number of carbonyl (C=O) groups is 1. The number of likely N-dealkylation sites (N-methyl/N-ethyl adjacent to an activating group) is 1. The third-order valence-corrected chi connectivity index (χ3v) is 7.66. The van der Waals surface area contributed by atoms with E-state index in [0.29, 0.717) is 51.6 Å². The second kappa shape index (κ2) is 12.1. The number of phenolic OH excluding ortho intramolecular Hbond substituents is 1. The highest BCUT2D eigenvalue weighted by Gasteiger charge is 2.33.